The van der Waals surface area contributed by atoms with E-state index in [0.29, 0.717) is 11.4 Å². The van der Waals surface area contributed by atoms with Crippen molar-refractivity contribution < 1.29 is 4.79 Å². The molecule has 1 rings (SSSR count). The maximum atomic E-state index is 10.9. The van der Waals surface area contributed by atoms with Gasteiger partial charge in [-0.25, -0.2) is 4.98 Å². The van der Waals surface area contributed by atoms with Gasteiger partial charge < -0.3 is 5.32 Å². The van der Waals surface area contributed by atoms with Crippen molar-refractivity contribution in [2.24, 2.45) is 0 Å². The van der Waals surface area contributed by atoms with Crippen LogP contribution in [0, 0.1) is 11.3 Å². The maximum absolute atomic E-state index is 10.9. The van der Waals surface area contributed by atoms with Gasteiger partial charge in [-0.3, -0.25) is 4.79 Å². The molecule has 0 saturated carbocycles. The van der Waals surface area contributed by atoms with Crippen LogP contribution in [0.3, 0.4) is 0 Å². The minimum atomic E-state index is -0.169. The highest BCUT2D eigenvalue weighted by molar-refractivity contribution is 9.09. The van der Waals surface area contributed by atoms with Crippen LogP contribution >= 0.6 is 15.9 Å². The number of amides is 1. The summed E-state index contributed by atoms with van der Waals surface area (Å²) < 4.78 is 0. The third kappa shape index (κ3) is 2.84. The van der Waals surface area contributed by atoms with E-state index < -0.39 is 0 Å². The summed E-state index contributed by atoms with van der Waals surface area (Å²) in [6.07, 6.45) is 1.41. The van der Waals surface area contributed by atoms with Crippen LogP contribution < -0.4 is 5.32 Å². The quantitative estimate of drug-likeness (QED) is 0.792. The van der Waals surface area contributed by atoms with Crippen LogP contribution in [0.25, 0.3) is 0 Å². The Kier molecular flexibility index (Phi) is 3.41. The van der Waals surface area contributed by atoms with Gasteiger partial charge in [0.05, 0.1) is 10.9 Å². The molecule has 0 atom stereocenters. The van der Waals surface area contributed by atoms with E-state index in [1.165, 1.54) is 6.20 Å². The van der Waals surface area contributed by atoms with E-state index in [0.717, 1.165) is 0 Å². The summed E-state index contributed by atoms with van der Waals surface area (Å²) in [5.41, 5.74) is 0.469. The predicted octanol–water partition coefficient (Wildman–Crippen LogP) is 1.29. The Labute approximate surface area is 83.7 Å². The molecule has 1 aromatic heterocycles. The highest BCUT2D eigenvalue weighted by Crippen LogP contribution is 2.03. The first-order valence-electron chi connectivity index (χ1n) is 3.48. The van der Waals surface area contributed by atoms with E-state index in [1.807, 2.05) is 6.07 Å². The molecule has 0 aromatic carbocycles. The molecule has 1 aromatic rings. The van der Waals surface area contributed by atoms with Crippen LogP contribution in [-0.2, 0) is 4.79 Å². The molecule has 4 nitrogen and oxygen atoms in total. The summed E-state index contributed by atoms with van der Waals surface area (Å²) in [4.78, 5) is 14.7. The van der Waals surface area contributed by atoms with Crippen LogP contribution in [0.1, 0.15) is 5.56 Å². The number of pyridine rings is 1. The normalized spacial score (nSPS) is 8.92. The minimum Gasteiger partial charge on any atom is -0.310 e. The van der Waals surface area contributed by atoms with Crippen molar-refractivity contribution >= 4 is 27.7 Å². The van der Waals surface area contributed by atoms with Gasteiger partial charge in [-0.2, -0.15) is 5.26 Å². The van der Waals surface area contributed by atoms with Crippen molar-refractivity contribution in [3.05, 3.63) is 23.9 Å². The van der Waals surface area contributed by atoms with Gasteiger partial charge in [0.25, 0.3) is 0 Å². The lowest BCUT2D eigenvalue weighted by atomic mass is 10.3. The summed E-state index contributed by atoms with van der Waals surface area (Å²) in [5, 5.41) is 11.2. The van der Waals surface area contributed by atoms with Crippen molar-refractivity contribution in [1.82, 2.24) is 4.98 Å². The third-order valence-electron chi connectivity index (χ3n) is 1.28. The van der Waals surface area contributed by atoms with Crippen LogP contribution in [0.4, 0.5) is 5.82 Å². The van der Waals surface area contributed by atoms with E-state index in [-0.39, 0.29) is 11.2 Å². The first-order valence-corrected chi connectivity index (χ1v) is 4.60. The Balaban J connectivity index is 2.71. The molecule has 5 heteroatoms. The Morgan fingerprint density at radius 1 is 1.69 bits per heavy atom. The lowest BCUT2D eigenvalue weighted by Gasteiger charge is -2.00. The molecule has 1 N–H and O–H groups in total. The monoisotopic (exact) mass is 239 g/mol. The summed E-state index contributed by atoms with van der Waals surface area (Å²) >= 11 is 3.01. The summed E-state index contributed by atoms with van der Waals surface area (Å²) in [6.45, 7) is 0. The molecule has 1 heterocycles. The van der Waals surface area contributed by atoms with Gasteiger partial charge in [0.2, 0.25) is 5.91 Å². The van der Waals surface area contributed by atoms with Gasteiger partial charge in [0.15, 0.2) is 0 Å². The Bertz CT molecular complexity index is 341. The molecule has 66 valence electrons. The standard InChI is InChI=1S/C8H6BrN3O/c9-3-8(13)12-7-2-1-6(4-10)5-11-7/h1-2,5H,3H2,(H,11,12,13). The molecular weight excluding hydrogens is 234 g/mol. The molecule has 1 amide bonds. The van der Waals surface area contributed by atoms with Gasteiger partial charge in [-0.15, -0.1) is 0 Å². The Morgan fingerprint density at radius 3 is 2.92 bits per heavy atom. The van der Waals surface area contributed by atoms with E-state index >= 15 is 0 Å². The number of nitriles is 1. The number of carbonyl (C=O) groups is 1. The Morgan fingerprint density at radius 2 is 2.46 bits per heavy atom. The second-order valence-corrected chi connectivity index (χ2v) is 2.79. The number of rotatable bonds is 2. The molecule has 0 saturated heterocycles. The third-order valence-corrected chi connectivity index (χ3v) is 1.79. The molecule has 0 aliphatic heterocycles. The molecule has 13 heavy (non-hydrogen) atoms. The first kappa shape index (κ1) is 9.68. The number of halogens is 1. The molecule has 0 fully saturated rings. The number of hydrogen-bond donors (Lipinski definition) is 1. The SMILES string of the molecule is N#Cc1ccc(NC(=O)CBr)nc1. The second-order valence-electron chi connectivity index (χ2n) is 2.23. The minimum absolute atomic E-state index is 0.169. The highest BCUT2D eigenvalue weighted by Gasteiger charge is 1.99. The largest absolute Gasteiger partial charge is 0.310 e. The topological polar surface area (TPSA) is 65.8 Å². The number of anilines is 1. The van der Waals surface area contributed by atoms with Gasteiger partial charge >= 0.3 is 0 Å². The lowest BCUT2D eigenvalue weighted by Crippen LogP contribution is -2.13. The summed E-state index contributed by atoms with van der Waals surface area (Å²) in [5.74, 6) is 0.278. The van der Waals surface area contributed by atoms with Crippen LogP contribution in [0.15, 0.2) is 18.3 Å². The zero-order valence-electron chi connectivity index (χ0n) is 6.62. The number of nitrogens with zero attached hydrogens (tertiary/aromatic N) is 2. The molecule has 0 aliphatic carbocycles. The molecule has 0 radical (unpaired) electrons. The number of aromatic nitrogens is 1. The Hall–Kier alpha value is -1.41. The van der Waals surface area contributed by atoms with Crippen LogP contribution in [-0.4, -0.2) is 16.2 Å². The maximum Gasteiger partial charge on any atom is 0.236 e. The van der Waals surface area contributed by atoms with E-state index in [4.69, 9.17) is 5.26 Å². The van der Waals surface area contributed by atoms with Crippen molar-refractivity contribution in [3.63, 3.8) is 0 Å². The molecule has 0 unspecified atom stereocenters. The zero-order chi connectivity index (χ0) is 9.68. The van der Waals surface area contributed by atoms with Gasteiger partial charge in [0, 0.05) is 6.20 Å². The van der Waals surface area contributed by atoms with Gasteiger partial charge in [-0.1, -0.05) is 15.9 Å². The second kappa shape index (κ2) is 4.58. The number of hydrogen-bond acceptors (Lipinski definition) is 3. The van der Waals surface area contributed by atoms with E-state index in [9.17, 15) is 4.79 Å². The fourth-order valence-electron chi connectivity index (χ4n) is 0.710. The molecule has 0 bridgehead atoms. The van der Waals surface area contributed by atoms with Crippen LogP contribution in [0.5, 0.6) is 0 Å². The van der Waals surface area contributed by atoms with Crippen LogP contribution in [0.2, 0.25) is 0 Å². The smallest absolute Gasteiger partial charge is 0.236 e. The lowest BCUT2D eigenvalue weighted by molar-refractivity contribution is -0.113. The average molecular weight is 240 g/mol. The number of nitrogens with one attached hydrogen (secondary N) is 1. The fourth-order valence-corrected chi connectivity index (χ4v) is 0.850. The molecular formula is C8H6BrN3O. The van der Waals surface area contributed by atoms with Crippen molar-refractivity contribution in [1.29, 1.82) is 5.26 Å². The number of alkyl halides is 1. The predicted molar refractivity (Wildman–Crippen MR) is 51.4 cm³/mol. The fraction of sp³-hybridized carbons (Fsp3) is 0.125. The molecule has 0 spiro atoms. The van der Waals surface area contributed by atoms with Crippen molar-refractivity contribution in [2.45, 2.75) is 0 Å². The van der Waals surface area contributed by atoms with E-state index in [2.05, 4.69) is 26.2 Å². The van der Waals surface area contributed by atoms with Crippen molar-refractivity contribution in [2.75, 3.05) is 10.6 Å². The summed E-state index contributed by atoms with van der Waals surface area (Å²) in [6, 6.07) is 5.11. The summed E-state index contributed by atoms with van der Waals surface area (Å²) in [7, 11) is 0. The van der Waals surface area contributed by atoms with Gasteiger partial charge in [0.1, 0.15) is 11.9 Å². The average Bonchev–Trinajstić information content (AvgIpc) is 2.19. The first-order chi connectivity index (χ1) is 6.26. The zero-order valence-corrected chi connectivity index (χ0v) is 8.21. The van der Waals surface area contributed by atoms with Crippen molar-refractivity contribution in [3.8, 4) is 6.07 Å². The van der Waals surface area contributed by atoms with Gasteiger partial charge in [-0.05, 0) is 12.1 Å². The van der Waals surface area contributed by atoms with E-state index in [1.54, 1.807) is 12.1 Å². The molecule has 0 aliphatic rings. The highest BCUT2D eigenvalue weighted by atomic mass is 79.9. The number of carbonyl (C=O) groups excluding carboxylic acids is 1.